The van der Waals surface area contributed by atoms with Gasteiger partial charge in [-0.25, -0.2) is 0 Å². The number of nitrogens with zero attached hydrogens (tertiary/aromatic N) is 5. The van der Waals surface area contributed by atoms with Crippen LogP contribution in [-0.2, 0) is 30.7 Å². The average Bonchev–Trinajstić information content (AvgIpc) is 3.37. The fourth-order valence-electron chi connectivity index (χ4n) is 3.51. The largest absolute Gasteiger partial charge is 0.346 e. The highest BCUT2D eigenvalue weighted by Crippen LogP contribution is 2.13. The predicted octanol–water partition coefficient (Wildman–Crippen LogP) is 2.93. The van der Waals surface area contributed by atoms with Gasteiger partial charge in [-0.3, -0.25) is 24.4 Å². The summed E-state index contributed by atoms with van der Waals surface area (Å²) < 4.78 is 1.60. The van der Waals surface area contributed by atoms with Crippen LogP contribution in [0.5, 0.6) is 0 Å². The summed E-state index contributed by atoms with van der Waals surface area (Å²) in [6.07, 6.45) is 7.41. The number of nitrogens with one attached hydrogen (secondary N) is 2. The molecule has 0 bridgehead atoms. The molecule has 4 rings (SSSR count). The number of pyridine rings is 3. The summed E-state index contributed by atoms with van der Waals surface area (Å²) in [5.41, 5.74) is 2.77. The van der Waals surface area contributed by atoms with Gasteiger partial charge in [0.25, 0.3) is 11.5 Å². The zero-order chi connectivity index (χ0) is 26.0. The average molecular weight is 518 g/mol. The van der Waals surface area contributed by atoms with Gasteiger partial charge < -0.3 is 15.2 Å². The summed E-state index contributed by atoms with van der Waals surface area (Å²) in [5.74, 6) is -0.490. The minimum Gasteiger partial charge on any atom is -0.346 e. The van der Waals surface area contributed by atoms with Crippen molar-refractivity contribution in [2.75, 3.05) is 5.32 Å². The third-order valence-corrected chi connectivity index (χ3v) is 6.46. The maximum absolute atomic E-state index is 12.4. The number of aromatic nitrogens is 5. The van der Waals surface area contributed by atoms with Crippen LogP contribution in [0.4, 0.5) is 5.69 Å². The lowest BCUT2D eigenvalue weighted by molar-refractivity contribution is -0.115. The number of amides is 2. The summed E-state index contributed by atoms with van der Waals surface area (Å²) >= 11 is 1.27. The Bertz CT molecular complexity index is 1400. The van der Waals surface area contributed by atoms with Crippen molar-refractivity contribution < 1.29 is 9.59 Å². The van der Waals surface area contributed by atoms with Gasteiger partial charge in [-0.15, -0.1) is 10.2 Å². The Morgan fingerprint density at radius 2 is 1.95 bits per heavy atom. The zero-order valence-corrected chi connectivity index (χ0v) is 21.2. The smallest absolute Gasteiger partial charge is 0.282 e. The Hall–Kier alpha value is -4.25. The van der Waals surface area contributed by atoms with Crippen LogP contribution in [-0.4, -0.2) is 36.5 Å². The third-order valence-electron chi connectivity index (χ3n) is 5.47. The summed E-state index contributed by atoms with van der Waals surface area (Å²) in [7, 11) is 0. The van der Waals surface area contributed by atoms with E-state index in [1.165, 1.54) is 17.4 Å². The van der Waals surface area contributed by atoms with E-state index in [-0.39, 0.29) is 23.8 Å². The molecule has 0 radical (unpaired) electrons. The Kier molecular flexibility index (Phi) is 8.82. The topological polar surface area (TPSA) is 132 Å². The highest BCUT2D eigenvalue weighted by Gasteiger charge is 2.13. The highest BCUT2D eigenvalue weighted by atomic mass is 32.1. The molecule has 0 atom stereocenters. The fraction of sp³-hybridized carbons (Fsp3) is 0.269. The normalized spacial score (nSPS) is 10.7. The van der Waals surface area contributed by atoms with Crippen molar-refractivity contribution in [3.05, 3.63) is 98.4 Å². The molecule has 4 aromatic rings. The van der Waals surface area contributed by atoms with Crippen molar-refractivity contribution in [1.82, 2.24) is 30.0 Å². The standard InChI is InChI=1S/C26H27N7O3S/c1-18-8-9-19(16-28-18)17-29-25(36)26-32-31-23(37-26)7-3-5-12-33-13-10-21(15-24(33)35)30-22(34)14-20-6-2-4-11-27-20/h2,4,6,8-11,13,15-16H,3,5,7,12,14,17H2,1H3,(H,29,36)(H,30,34). The van der Waals surface area contributed by atoms with Gasteiger partial charge in [-0.05, 0) is 49.6 Å². The molecule has 190 valence electrons. The molecule has 0 fully saturated rings. The van der Waals surface area contributed by atoms with Crippen molar-refractivity contribution in [3.63, 3.8) is 0 Å². The number of carbonyl (C=O) groups excluding carboxylic acids is 2. The van der Waals surface area contributed by atoms with E-state index >= 15 is 0 Å². The quantitative estimate of drug-likeness (QED) is 0.292. The number of hydrogen-bond donors (Lipinski definition) is 2. The first-order valence-electron chi connectivity index (χ1n) is 11.9. The molecule has 11 heteroatoms. The molecule has 37 heavy (non-hydrogen) atoms. The van der Waals surface area contributed by atoms with Gasteiger partial charge in [0.1, 0.15) is 5.01 Å². The Morgan fingerprint density at radius 1 is 1.05 bits per heavy atom. The maximum atomic E-state index is 12.4. The van der Waals surface area contributed by atoms with Crippen LogP contribution in [0, 0.1) is 6.92 Å². The molecule has 2 N–H and O–H groups in total. The summed E-state index contributed by atoms with van der Waals surface area (Å²) in [4.78, 5) is 45.3. The van der Waals surface area contributed by atoms with Crippen LogP contribution in [0.2, 0.25) is 0 Å². The minimum atomic E-state index is -0.261. The van der Waals surface area contributed by atoms with E-state index in [0.717, 1.165) is 29.1 Å². The van der Waals surface area contributed by atoms with E-state index < -0.39 is 0 Å². The fourth-order valence-corrected chi connectivity index (χ4v) is 4.31. The predicted molar refractivity (Wildman–Crippen MR) is 140 cm³/mol. The van der Waals surface area contributed by atoms with E-state index in [0.29, 0.717) is 35.9 Å². The van der Waals surface area contributed by atoms with Crippen LogP contribution < -0.4 is 16.2 Å². The second-order valence-electron chi connectivity index (χ2n) is 8.44. The van der Waals surface area contributed by atoms with Crippen LogP contribution in [0.15, 0.2) is 65.8 Å². The van der Waals surface area contributed by atoms with E-state index in [1.54, 1.807) is 41.4 Å². The first kappa shape index (κ1) is 25.8. The number of carbonyl (C=O) groups is 2. The molecule has 2 amide bonds. The van der Waals surface area contributed by atoms with Crippen molar-refractivity contribution in [3.8, 4) is 0 Å². The Morgan fingerprint density at radius 3 is 2.70 bits per heavy atom. The first-order chi connectivity index (χ1) is 18.0. The Labute approximate surface area is 217 Å². The zero-order valence-electron chi connectivity index (χ0n) is 20.4. The van der Waals surface area contributed by atoms with Crippen molar-refractivity contribution >= 4 is 28.8 Å². The summed E-state index contributed by atoms with van der Waals surface area (Å²) in [6.45, 7) is 2.83. The lowest BCUT2D eigenvalue weighted by atomic mass is 10.2. The minimum absolute atomic E-state index is 0.142. The van der Waals surface area contributed by atoms with E-state index in [2.05, 4.69) is 30.8 Å². The van der Waals surface area contributed by atoms with Crippen LogP contribution >= 0.6 is 11.3 Å². The SMILES string of the molecule is Cc1ccc(CNC(=O)c2nnc(CCCCn3ccc(NC(=O)Cc4ccccn4)cc3=O)s2)cn1. The van der Waals surface area contributed by atoms with E-state index in [4.69, 9.17) is 0 Å². The summed E-state index contributed by atoms with van der Waals surface area (Å²) in [5, 5.41) is 14.8. The monoisotopic (exact) mass is 517 g/mol. The second kappa shape index (κ2) is 12.6. The lowest BCUT2D eigenvalue weighted by Gasteiger charge is -2.08. The molecule has 0 aliphatic carbocycles. The molecule has 0 saturated heterocycles. The Balaban J connectivity index is 1.19. The molecule has 0 aliphatic rings. The van der Waals surface area contributed by atoms with Gasteiger partial charge in [-0.2, -0.15) is 0 Å². The van der Waals surface area contributed by atoms with Gasteiger partial charge in [-0.1, -0.05) is 23.5 Å². The van der Waals surface area contributed by atoms with Gasteiger partial charge >= 0.3 is 0 Å². The number of rotatable bonds is 11. The molecule has 4 heterocycles. The second-order valence-corrected chi connectivity index (χ2v) is 9.50. The van der Waals surface area contributed by atoms with Gasteiger partial charge in [0.05, 0.1) is 6.42 Å². The molecule has 10 nitrogen and oxygen atoms in total. The first-order valence-corrected chi connectivity index (χ1v) is 12.7. The number of unbranched alkanes of at least 4 members (excludes halogenated alkanes) is 1. The van der Waals surface area contributed by atoms with Crippen LogP contribution in [0.1, 0.15) is 44.6 Å². The molecule has 0 spiro atoms. The van der Waals surface area contributed by atoms with Crippen LogP contribution in [0.3, 0.4) is 0 Å². The maximum Gasteiger partial charge on any atom is 0.282 e. The molecule has 0 unspecified atom stereocenters. The number of aryl methyl sites for hydroxylation is 3. The van der Waals surface area contributed by atoms with Gasteiger partial charge in [0.2, 0.25) is 10.9 Å². The molecule has 0 aromatic carbocycles. The van der Waals surface area contributed by atoms with E-state index in [9.17, 15) is 14.4 Å². The highest BCUT2D eigenvalue weighted by molar-refractivity contribution is 7.13. The summed E-state index contributed by atoms with van der Waals surface area (Å²) in [6, 6.07) is 12.3. The van der Waals surface area contributed by atoms with Crippen LogP contribution in [0.25, 0.3) is 0 Å². The number of hydrogen-bond acceptors (Lipinski definition) is 8. The van der Waals surface area contributed by atoms with Crippen molar-refractivity contribution in [2.24, 2.45) is 0 Å². The lowest BCUT2D eigenvalue weighted by Crippen LogP contribution is -2.22. The molecule has 4 aromatic heterocycles. The van der Waals surface area contributed by atoms with Crippen molar-refractivity contribution in [1.29, 1.82) is 0 Å². The number of anilines is 1. The molecular formula is C26H27N7O3S. The third kappa shape index (κ3) is 7.87. The van der Waals surface area contributed by atoms with Crippen molar-refractivity contribution in [2.45, 2.75) is 45.7 Å². The molecular weight excluding hydrogens is 490 g/mol. The molecule has 0 saturated carbocycles. The van der Waals surface area contributed by atoms with Gasteiger partial charge in [0.15, 0.2) is 0 Å². The molecule has 0 aliphatic heterocycles. The van der Waals surface area contributed by atoms with E-state index in [1.807, 2.05) is 25.1 Å². The van der Waals surface area contributed by atoms with Gasteiger partial charge in [0, 0.05) is 61.2 Å².